The molecule has 2 nitrogen and oxygen atoms in total. The van der Waals surface area contributed by atoms with E-state index in [1.165, 1.54) is 93.3 Å². The summed E-state index contributed by atoms with van der Waals surface area (Å²) in [5.41, 5.74) is 19.8. The first-order chi connectivity index (χ1) is 30.7. The Morgan fingerprint density at radius 2 is 0.935 bits per heavy atom. The Kier molecular flexibility index (Phi) is 8.03. The zero-order valence-electron chi connectivity index (χ0n) is 34.5. The molecule has 0 aliphatic heterocycles. The van der Waals surface area contributed by atoms with Crippen molar-refractivity contribution in [2.75, 3.05) is 0 Å². The molecule has 0 saturated heterocycles. The lowest BCUT2D eigenvalue weighted by Gasteiger charge is -2.25. The maximum atomic E-state index is 5.72. The summed E-state index contributed by atoms with van der Waals surface area (Å²) in [6.45, 7) is 0. The van der Waals surface area contributed by atoms with E-state index in [-0.39, 0.29) is 0 Å². The highest BCUT2D eigenvalue weighted by molar-refractivity contribution is 6.17. The molecule has 8 aromatic carbocycles. The lowest BCUT2D eigenvalue weighted by molar-refractivity contribution is 0.940. The number of fused-ring (bicyclic) bond motifs is 12. The molecule has 2 heteroatoms. The Morgan fingerprint density at radius 1 is 0.355 bits per heavy atom. The van der Waals surface area contributed by atoms with Crippen LogP contribution in [0.4, 0.5) is 0 Å². The number of nitrogens with zero attached hydrogens (tertiary/aromatic N) is 2. The van der Waals surface area contributed by atoms with Crippen LogP contribution < -0.4 is 0 Å². The predicted molar refractivity (Wildman–Crippen MR) is 263 cm³/mol. The van der Waals surface area contributed by atoms with Gasteiger partial charge in [-0.2, -0.15) is 0 Å². The molecule has 0 atom stereocenters. The number of pyridine rings is 2. The Balaban J connectivity index is 1.09. The molecule has 0 bridgehead atoms. The van der Waals surface area contributed by atoms with Crippen LogP contribution in [-0.2, 0) is 19.3 Å². The first kappa shape index (κ1) is 35.3. The molecule has 10 aromatic rings. The van der Waals surface area contributed by atoms with Crippen LogP contribution in [0.15, 0.2) is 164 Å². The van der Waals surface area contributed by atoms with Gasteiger partial charge < -0.3 is 0 Å². The van der Waals surface area contributed by atoms with Crippen LogP contribution in [0.3, 0.4) is 0 Å². The highest BCUT2D eigenvalue weighted by Crippen LogP contribution is 2.46. The zero-order valence-corrected chi connectivity index (χ0v) is 34.5. The van der Waals surface area contributed by atoms with Crippen molar-refractivity contribution in [3.63, 3.8) is 0 Å². The lowest BCUT2D eigenvalue weighted by Crippen LogP contribution is -2.07. The molecule has 3 aliphatic rings. The second-order valence-corrected chi connectivity index (χ2v) is 17.3. The number of hydrogen-bond donors (Lipinski definition) is 0. The lowest BCUT2D eigenvalue weighted by atomic mass is 9.80. The van der Waals surface area contributed by atoms with E-state index >= 15 is 0 Å². The number of para-hydroxylation sites is 1. The number of benzene rings is 8. The van der Waals surface area contributed by atoms with Crippen LogP contribution in [0, 0.1) is 0 Å². The van der Waals surface area contributed by atoms with Gasteiger partial charge in [-0.05, 0) is 146 Å². The van der Waals surface area contributed by atoms with Crippen LogP contribution in [0.1, 0.15) is 52.6 Å². The number of aryl methyl sites for hydroxylation is 1. The van der Waals surface area contributed by atoms with Crippen LogP contribution in [0.25, 0.3) is 117 Å². The maximum absolute atomic E-state index is 5.72. The van der Waals surface area contributed by atoms with Crippen molar-refractivity contribution in [1.82, 2.24) is 9.97 Å². The minimum absolute atomic E-state index is 0.996. The Bertz CT molecular complexity index is 3620. The van der Waals surface area contributed by atoms with E-state index in [9.17, 15) is 0 Å². The predicted octanol–water partition coefficient (Wildman–Crippen LogP) is 15.8. The summed E-state index contributed by atoms with van der Waals surface area (Å²) >= 11 is 0. The Labute approximate surface area is 361 Å². The fourth-order valence-corrected chi connectivity index (χ4v) is 10.9. The monoisotopic (exact) mass is 790 g/mol. The van der Waals surface area contributed by atoms with Crippen molar-refractivity contribution in [2.24, 2.45) is 0 Å². The molecule has 2 aromatic heterocycles. The third-order valence-electron chi connectivity index (χ3n) is 13.8. The van der Waals surface area contributed by atoms with Gasteiger partial charge in [0.05, 0.1) is 22.4 Å². The van der Waals surface area contributed by atoms with Gasteiger partial charge in [0.25, 0.3) is 0 Å². The van der Waals surface area contributed by atoms with Crippen LogP contribution in [0.2, 0.25) is 0 Å². The van der Waals surface area contributed by atoms with E-state index in [0.29, 0.717) is 0 Å². The van der Waals surface area contributed by atoms with Crippen molar-refractivity contribution in [3.05, 3.63) is 197 Å². The van der Waals surface area contributed by atoms with Crippen LogP contribution >= 0.6 is 0 Å². The van der Waals surface area contributed by atoms with Gasteiger partial charge in [0.2, 0.25) is 0 Å². The van der Waals surface area contributed by atoms with E-state index in [4.69, 9.17) is 9.97 Å². The molecule has 0 fully saturated rings. The molecule has 0 radical (unpaired) electrons. The van der Waals surface area contributed by atoms with Crippen molar-refractivity contribution in [3.8, 4) is 44.8 Å². The van der Waals surface area contributed by atoms with E-state index < -0.39 is 0 Å². The van der Waals surface area contributed by atoms with Crippen LogP contribution in [0.5, 0.6) is 0 Å². The summed E-state index contributed by atoms with van der Waals surface area (Å²) in [6.07, 6.45) is 20.5. The van der Waals surface area contributed by atoms with E-state index in [0.717, 1.165) is 77.5 Å². The molecule has 0 spiro atoms. The molecule has 0 N–H and O–H groups in total. The molecular weight excluding hydrogens is 749 g/mol. The normalized spacial score (nSPS) is 14.2. The first-order valence-electron chi connectivity index (χ1n) is 22.2. The molecule has 0 saturated carbocycles. The van der Waals surface area contributed by atoms with Gasteiger partial charge in [-0.15, -0.1) is 0 Å². The molecule has 13 rings (SSSR count). The number of hydrogen-bond acceptors (Lipinski definition) is 2. The van der Waals surface area contributed by atoms with Crippen LogP contribution in [-0.4, -0.2) is 9.97 Å². The SMILES string of the molecule is C1=Cc2cc(-c3cc4c(-c5ccc(-c6nc7ccccc7c7ccccc67)cc5)cc(-c5cc6c(c7ccccc57)CCC=C6)nc4c4ccccc34)c3c(c2CC1)C=CCC3. The van der Waals surface area contributed by atoms with E-state index in [1.54, 1.807) is 0 Å². The standard InChI is InChI=1S/C60H42N2/c1-3-17-41-39(15-1)33-53(45-21-7-5-19-43(41)45)54-35-56-52(37-29-31-38(32-30-37)59-50-26-11-9-23-47(50)49-25-13-14-28-57(49)61-59)36-58(62-60(56)51-27-12-10-24-48(51)54)55-34-40-16-2-4-18-42(40)44-20-6-8-22-46(44)55/h1-2,5-6,8-16,19-20,22-36H,3-4,7,17-18,21H2. The van der Waals surface area contributed by atoms with Crippen molar-refractivity contribution >= 4 is 72.4 Å². The third kappa shape index (κ3) is 5.49. The topological polar surface area (TPSA) is 25.8 Å². The van der Waals surface area contributed by atoms with Gasteiger partial charge in [0.15, 0.2) is 0 Å². The van der Waals surface area contributed by atoms with Gasteiger partial charge in [-0.3, -0.25) is 0 Å². The van der Waals surface area contributed by atoms with Gasteiger partial charge in [0, 0.05) is 32.7 Å². The highest BCUT2D eigenvalue weighted by atomic mass is 14.7. The van der Waals surface area contributed by atoms with Crippen molar-refractivity contribution in [1.29, 1.82) is 0 Å². The number of allylic oxidation sites excluding steroid dienone is 3. The first-order valence-corrected chi connectivity index (χ1v) is 22.2. The Morgan fingerprint density at radius 3 is 1.73 bits per heavy atom. The molecule has 292 valence electrons. The van der Waals surface area contributed by atoms with Gasteiger partial charge in [-0.1, -0.05) is 152 Å². The summed E-state index contributed by atoms with van der Waals surface area (Å²) in [5.74, 6) is 0. The quantitative estimate of drug-likeness (QED) is 0.166. The minimum atomic E-state index is 0.996. The molecule has 0 amide bonds. The minimum Gasteiger partial charge on any atom is -0.247 e. The summed E-state index contributed by atoms with van der Waals surface area (Å²) < 4.78 is 0. The highest BCUT2D eigenvalue weighted by Gasteiger charge is 2.24. The zero-order chi connectivity index (χ0) is 40.7. The van der Waals surface area contributed by atoms with E-state index in [1.807, 2.05) is 0 Å². The second-order valence-electron chi connectivity index (χ2n) is 17.3. The smallest absolute Gasteiger partial charge is 0.0794 e. The average molecular weight is 791 g/mol. The number of rotatable bonds is 4. The summed E-state index contributed by atoms with van der Waals surface area (Å²) in [4.78, 5) is 11.0. The molecule has 2 heterocycles. The van der Waals surface area contributed by atoms with Crippen molar-refractivity contribution < 1.29 is 0 Å². The summed E-state index contributed by atoms with van der Waals surface area (Å²) in [6, 6.07) is 53.9. The fourth-order valence-electron chi connectivity index (χ4n) is 10.9. The average Bonchev–Trinajstić information content (AvgIpc) is 3.35. The Hall–Kier alpha value is -7.42. The van der Waals surface area contributed by atoms with E-state index in [2.05, 4.69) is 182 Å². The van der Waals surface area contributed by atoms with Gasteiger partial charge in [0.1, 0.15) is 0 Å². The van der Waals surface area contributed by atoms with Crippen molar-refractivity contribution in [2.45, 2.75) is 38.5 Å². The maximum Gasteiger partial charge on any atom is 0.0794 e. The van der Waals surface area contributed by atoms with Gasteiger partial charge >= 0.3 is 0 Å². The molecular formula is C60H42N2. The number of aromatic nitrogens is 2. The molecule has 0 unspecified atom stereocenters. The molecule has 62 heavy (non-hydrogen) atoms. The largest absolute Gasteiger partial charge is 0.247 e. The fraction of sp³-hybridized carbons (Fsp3) is 0.100. The summed E-state index contributed by atoms with van der Waals surface area (Å²) in [5, 5.41) is 9.75. The molecule has 3 aliphatic carbocycles. The summed E-state index contributed by atoms with van der Waals surface area (Å²) in [7, 11) is 0. The van der Waals surface area contributed by atoms with Gasteiger partial charge in [-0.25, -0.2) is 9.97 Å². The second kappa shape index (κ2) is 14.1. The third-order valence-corrected chi connectivity index (χ3v) is 13.8.